The van der Waals surface area contributed by atoms with E-state index >= 15 is 0 Å². The third kappa shape index (κ3) is 2.10. The van der Waals surface area contributed by atoms with Crippen LogP contribution in [0, 0.1) is 23.3 Å². The number of imidazole rings is 1. The van der Waals surface area contributed by atoms with Crippen LogP contribution in [-0.2, 0) is 20.1 Å². The fourth-order valence-electron chi connectivity index (χ4n) is 1.66. The van der Waals surface area contributed by atoms with E-state index in [1.54, 1.807) is 12.1 Å². The Morgan fingerprint density at radius 2 is 1.60 bits per heavy atom. The van der Waals surface area contributed by atoms with Crippen molar-refractivity contribution in [2.45, 2.75) is 0 Å². The Labute approximate surface area is 123 Å². The molecule has 0 saturated carbocycles. The second-order valence-corrected chi connectivity index (χ2v) is 3.72. The van der Waals surface area contributed by atoms with Gasteiger partial charge in [-0.3, -0.25) is 4.98 Å². The normalized spacial score (nSPS) is 10.6. The van der Waals surface area contributed by atoms with Gasteiger partial charge in [0, 0.05) is 37.3 Å². The molecule has 0 aliphatic rings. The molecule has 0 aliphatic heterocycles. The smallest absolute Gasteiger partial charge is 0.197 e. The zero-order chi connectivity index (χ0) is 13.6. The number of halogens is 4. The van der Waals surface area contributed by atoms with E-state index in [9.17, 15) is 17.6 Å². The van der Waals surface area contributed by atoms with Gasteiger partial charge in [0.2, 0.25) is 0 Å². The van der Waals surface area contributed by atoms with Gasteiger partial charge in [0.25, 0.3) is 0 Å². The predicted molar refractivity (Wildman–Crippen MR) is 58.1 cm³/mol. The minimum atomic E-state index is -1.91. The maximum absolute atomic E-state index is 13.5. The Hall–Kier alpha value is -1.79. The van der Waals surface area contributed by atoms with Gasteiger partial charge in [0.05, 0.1) is 5.69 Å². The second-order valence-electron chi connectivity index (χ2n) is 3.72. The Kier molecular flexibility index (Phi) is 3.87. The number of aromatic nitrogens is 3. The van der Waals surface area contributed by atoms with E-state index in [1.807, 2.05) is 0 Å². The monoisotopic (exact) mass is 459 g/mol. The molecule has 0 N–H and O–H groups in total. The summed E-state index contributed by atoms with van der Waals surface area (Å²) in [6.07, 6.45) is 1.43. The van der Waals surface area contributed by atoms with Crippen molar-refractivity contribution >= 4 is 11.0 Å². The van der Waals surface area contributed by atoms with E-state index in [2.05, 4.69) is 15.0 Å². The molecule has 0 atom stereocenters. The molecule has 20 heavy (non-hydrogen) atoms. The molecule has 3 rings (SSSR count). The summed E-state index contributed by atoms with van der Waals surface area (Å²) in [5.74, 6) is -7.04. The Bertz CT molecular complexity index is 728. The number of hydrogen-bond acceptors (Lipinski definition) is 2. The number of fused-ring (bicyclic) bond motifs is 1. The Morgan fingerprint density at radius 3 is 2.25 bits per heavy atom. The summed E-state index contributed by atoms with van der Waals surface area (Å²) >= 11 is 0. The summed E-state index contributed by atoms with van der Waals surface area (Å²) < 4.78 is 53.0. The molecule has 8 heteroatoms. The predicted octanol–water partition coefficient (Wildman–Crippen LogP) is 2.81. The first-order valence-corrected chi connectivity index (χ1v) is 5.17. The maximum Gasteiger partial charge on any atom is 0.197 e. The number of benzene rings is 1. The third-order valence-corrected chi connectivity index (χ3v) is 2.55. The largest absolute Gasteiger partial charge is 0.432 e. The van der Waals surface area contributed by atoms with Gasteiger partial charge >= 0.3 is 0 Å². The summed E-state index contributed by atoms with van der Waals surface area (Å²) in [5, 5.41) is 0. The van der Waals surface area contributed by atoms with Gasteiger partial charge in [-0.15, -0.1) is 0 Å². The minimum absolute atomic E-state index is 0. The van der Waals surface area contributed by atoms with Crippen molar-refractivity contribution in [3.8, 4) is 11.5 Å². The summed E-state index contributed by atoms with van der Waals surface area (Å²) in [7, 11) is 0. The van der Waals surface area contributed by atoms with Gasteiger partial charge in [-0.1, -0.05) is 6.07 Å². The number of hydrogen-bond donors (Lipinski definition) is 0. The molecule has 0 aliphatic carbocycles. The molecule has 1 radical (unpaired) electrons. The molecule has 0 saturated heterocycles. The molecule has 0 bridgehead atoms. The molecule has 0 spiro atoms. The first-order chi connectivity index (χ1) is 9.09. The van der Waals surface area contributed by atoms with Gasteiger partial charge in [0.1, 0.15) is 0 Å². The zero-order valence-electron chi connectivity index (χ0n) is 9.50. The van der Waals surface area contributed by atoms with Crippen molar-refractivity contribution in [1.82, 2.24) is 15.0 Å². The molecule has 0 unspecified atom stereocenters. The van der Waals surface area contributed by atoms with Crippen molar-refractivity contribution < 1.29 is 37.7 Å². The summed E-state index contributed by atoms with van der Waals surface area (Å²) in [4.78, 5) is 11.2. The second kappa shape index (κ2) is 5.30. The average Bonchev–Trinajstić information content (AvgIpc) is 2.89. The number of rotatable bonds is 1. The zero-order valence-corrected chi connectivity index (χ0v) is 11.9. The molecule has 3 nitrogen and oxygen atoms in total. The van der Waals surface area contributed by atoms with E-state index < -0.39 is 34.3 Å². The van der Waals surface area contributed by atoms with Crippen molar-refractivity contribution in [1.29, 1.82) is 0 Å². The van der Waals surface area contributed by atoms with Crippen LogP contribution < -0.4 is 4.98 Å². The summed E-state index contributed by atoms with van der Waals surface area (Å²) in [6, 6.07) is 4.76. The van der Waals surface area contributed by atoms with E-state index in [-0.39, 0.29) is 31.6 Å². The van der Waals surface area contributed by atoms with E-state index in [0.717, 1.165) is 0 Å². The quantitative estimate of drug-likeness (QED) is 0.320. The standard InChI is InChI=1S/C12H4F4N3.Ir/c13-6-7(14)9(16)11-10(8(6)15)18-12(19-11)5-3-1-2-4-17-5;/h1-4H;/q-1;. The Balaban J connectivity index is 0.00000147. The molecule has 105 valence electrons. The molecule has 2 aromatic heterocycles. The van der Waals surface area contributed by atoms with E-state index in [1.165, 1.54) is 12.3 Å². The van der Waals surface area contributed by atoms with Gasteiger partial charge in [0.15, 0.2) is 23.3 Å². The molecular formula is C12H4F4IrN3-. The van der Waals surface area contributed by atoms with Crippen molar-refractivity contribution in [2.24, 2.45) is 0 Å². The minimum Gasteiger partial charge on any atom is -0.432 e. The van der Waals surface area contributed by atoms with Crippen LogP contribution in [0.4, 0.5) is 17.6 Å². The third-order valence-electron chi connectivity index (χ3n) is 2.55. The van der Waals surface area contributed by atoms with Crippen LogP contribution >= 0.6 is 0 Å². The van der Waals surface area contributed by atoms with Crippen LogP contribution in [-0.4, -0.2) is 9.97 Å². The van der Waals surface area contributed by atoms with Gasteiger partial charge in [-0.25, -0.2) is 17.6 Å². The van der Waals surface area contributed by atoms with Crippen LogP contribution in [0.15, 0.2) is 24.4 Å². The van der Waals surface area contributed by atoms with Crippen molar-refractivity contribution in [2.75, 3.05) is 0 Å². The topological polar surface area (TPSA) is 39.9 Å². The molecule has 0 amide bonds. The number of nitrogens with zero attached hydrogens (tertiary/aromatic N) is 3. The number of pyridine rings is 1. The van der Waals surface area contributed by atoms with Crippen LogP contribution in [0.1, 0.15) is 0 Å². The maximum atomic E-state index is 13.5. The molecule has 1 aromatic carbocycles. The van der Waals surface area contributed by atoms with Gasteiger partial charge in [-0.2, -0.15) is 0 Å². The van der Waals surface area contributed by atoms with Crippen molar-refractivity contribution in [3.05, 3.63) is 47.7 Å². The summed E-state index contributed by atoms with van der Waals surface area (Å²) in [6.45, 7) is 0. The summed E-state index contributed by atoms with van der Waals surface area (Å²) in [5.41, 5.74) is -1.06. The molecule has 2 heterocycles. The fraction of sp³-hybridized carbons (Fsp3) is 0. The van der Waals surface area contributed by atoms with Crippen LogP contribution in [0.5, 0.6) is 0 Å². The first kappa shape index (κ1) is 14.6. The fourth-order valence-corrected chi connectivity index (χ4v) is 1.66. The van der Waals surface area contributed by atoms with Crippen LogP contribution in [0.2, 0.25) is 0 Å². The average molecular weight is 458 g/mol. The SMILES string of the molecule is Fc1c(F)c(F)c2[n-]c(-c3ccccn3)nc2c1F.[Ir]. The van der Waals surface area contributed by atoms with Crippen molar-refractivity contribution in [3.63, 3.8) is 0 Å². The van der Waals surface area contributed by atoms with Crippen LogP contribution in [0.25, 0.3) is 22.6 Å². The van der Waals surface area contributed by atoms with E-state index in [0.29, 0.717) is 0 Å². The van der Waals surface area contributed by atoms with Gasteiger partial charge < -0.3 is 9.97 Å². The molecule has 3 aromatic rings. The van der Waals surface area contributed by atoms with Crippen LogP contribution in [0.3, 0.4) is 0 Å². The van der Waals surface area contributed by atoms with E-state index in [4.69, 9.17) is 0 Å². The first-order valence-electron chi connectivity index (χ1n) is 5.17. The van der Waals surface area contributed by atoms with Gasteiger partial charge in [-0.05, 0) is 18.0 Å². The molecular weight excluding hydrogens is 454 g/mol. The molecule has 0 fully saturated rings. The Morgan fingerprint density at radius 1 is 0.900 bits per heavy atom.